The Hall–Kier alpha value is -1.57. The maximum absolute atomic E-state index is 4.43. The van der Waals surface area contributed by atoms with Gasteiger partial charge in [0.2, 0.25) is 0 Å². The number of imidazole rings is 1. The maximum Gasteiger partial charge on any atom is 0.118 e. The Morgan fingerprint density at radius 1 is 1.07 bits per heavy atom. The standard InChI is InChI=1S/C13H16N2/c1-13(2,3)12-14-9-10-15(12)11-7-5-4-6-8-11/h4-10H,1-3H3. The molecule has 2 heteroatoms. The van der Waals surface area contributed by atoms with Gasteiger partial charge < -0.3 is 4.57 Å². The predicted molar refractivity (Wildman–Crippen MR) is 62.3 cm³/mol. The molecule has 1 aromatic heterocycles. The minimum atomic E-state index is 0.0688. The van der Waals surface area contributed by atoms with Crippen LogP contribution in [-0.2, 0) is 5.41 Å². The van der Waals surface area contributed by atoms with Gasteiger partial charge in [-0.25, -0.2) is 4.98 Å². The van der Waals surface area contributed by atoms with Crippen molar-refractivity contribution in [1.29, 1.82) is 0 Å². The first kappa shape index (κ1) is 9.97. The van der Waals surface area contributed by atoms with Gasteiger partial charge in [0.25, 0.3) is 0 Å². The molecule has 15 heavy (non-hydrogen) atoms. The topological polar surface area (TPSA) is 17.8 Å². The van der Waals surface area contributed by atoms with Crippen LogP contribution in [0.5, 0.6) is 0 Å². The van der Waals surface area contributed by atoms with Crippen LogP contribution in [0.3, 0.4) is 0 Å². The van der Waals surface area contributed by atoms with Gasteiger partial charge in [-0.15, -0.1) is 0 Å². The lowest BCUT2D eigenvalue weighted by Crippen LogP contribution is -2.17. The molecule has 78 valence electrons. The van der Waals surface area contributed by atoms with E-state index >= 15 is 0 Å². The lowest BCUT2D eigenvalue weighted by atomic mass is 9.95. The van der Waals surface area contributed by atoms with Crippen molar-refractivity contribution in [2.24, 2.45) is 0 Å². The summed E-state index contributed by atoms with van der Waals surface area (Å²) >= 11 is 0. The molecule has 0 saturated carbocycles. The molecule has 0 N–H and O–H groups in total. The summed E-state index contributed by atoms with van der Waals surface area (Å²) < 4.78 is 2.14. The van der Waals surface area contributed by atoms with Crippen LogP contribution in [0, 0.1) is 0 Å². The van der Waals surface area contributed by atoms with Gasteiger partial charge in [0, 0.05) is 23.5 Å². The van der Waals surface area contributed by atoms with E-state index in [1.165, 1.54) is 5.69 Å². The number of benzene rings is 1. The van der Waals surface area contributed by atoms with Crippen molar-refractivity contribution in [2.45, 2.75) is 26.2 Å². The maximum atomic E-state index is 4.43. The molecule has 0 radical (unpaired) electrons. The molecule has 1 heterocycles. The number of aromatic nitrogens is 2. The molecule has 0 unspecified atom stereocenters. The fourth-order valence-corrected chi connectivity index (χ4v) is 1.66. The number of nitrogens with zero attached hydrogens (tertiary/aromatic N) is 2. The lowest BCUT2D eigenvalue weighted by molar-refractivity contribution is 0.536. The lowest BCUT2D eigenvalue weighted by Gasteiger charge is -2.19. The van der Waals surface area contributed by atoms with Crippen LogP contribution in [-0.4, -0.2) is 9.55 Å². The molecule has 0 spiro atoms. The Balaban J connectivity index is 2.51. The second-order valence-electron chi connectivity index (χ2n) is 4.71. The SMILES string of the molecule is CC(C)(C)c1nccn1-c1ccccc1. The van der Waals surface area contributed by atoms with Crippen molar-refractivity contribution in [1.82, 2.24) is 9.55 Å². The average Bonchev–Trinajstić information content (AvgIpc) is 2.67. The monoisotopic (exact) mass is 200 g/mol. The van der Waals surface area contributed by atoms with Crippen molar-refractivity contribution < 1.29 is 0 Å². The highest BCUT2D eigenvalue weighted by atomic mass is 15.1. The van der Waals surface area contributed by atoms with Gasteiger partial charge in [-0.2, -0.15) is 0 Å². The van der Waals surface area contributed by atoms with E-state index < -0.39 is 0 Å². The van der Waals surface area contributed by atoms with E-state index in [1.807, 2.05) is 30.6 Å². The van der Waals surface area contributed by atoms with E-state index in [0.29, 0.717) is 0 Å². The van der Waals surface area contributed by atoms with Gasteiger partial charge in [0.15, 0.2) is 0 Å². The van der Waals surface area contributed by atoms with E-state index in [2.05, 4.69) is 42.5 Å². The quantitative estimate of drug-likeness (QED) is 0.691. The summed E-state index contributed by atoms with van der Waals surface area (Å²) in [4.78, 5) is 4.43. The summed E-state index contributed by atoms with van der Waals surface area (Å²) in [6.07, 6.45) is 3.86. The highest BCUT2D eigenvalue weighted by Gasteiger charge is 2.19. The van der Waals surface area contributed by atoms with Gasteiger partial charge in [-0.05, 0) is 12.1 Å². The van der Waals surface area contributed by atoms with Crippen LogP contribution in [0.2, 0.25) is 0 Å². The van der Waals surface area contributed by atoms with E-state index in [-0.39, 0.29) is 5.41 Å². The number of hydrogen-bond acceptors (Lipinski definition) is 1. The third-order valence-corrected chi connectivity index (χ3v) is 2.35. The smallest absolute Gasteiger partial charge is 0.118 e. The van der Waals surface area contributed by atoms with Gasteiger partial charge in [0.05, 0.1) is 0 Å². The Morgan fingerprint density at radius 2 is 1.73 bits per heavy atom. The second kappa shape index (κ2) is 3.54. The van der Waals surface area contributed by atoms with Crippen LogP contribution in [0.15, 0.2) is 42.7 Å². The van der Waals surface area contributed by atoms with E-state index in [4.69, 9.17) is 0 Å². The predicted octanol–water partition coefficient (Wildman–Crippen LogP) is 3.17. The zero-order chi connectivity index (χ0) is 10.9. The Kier molecular flexibility index (Phi) is 2.35. The molecule has 0 fully saturated rings. The molecule has 2 nitrogen and oxygen atoms in total. The zero-order valence-corrected chi connectivity index (χ0v) is 9.44. The van der Waals surface area contributed by atoms with E-state index in [9.17, 15) is 0 Å². The van der Waals surface area contributed by atoms with Crippen LogP contribution in [0.4, 0.5) is 0 Å². The van der Waals surface area contributed by atoms with Crippen molar-refractivity contribution in [3.63, 3.8) is 0 Å². The highest BCUT2D eigenvalue weighted by molar-refractivity contribution is 5.34. The molecule has 0 amide bonds. The molecular weight excluding hydrogens is 184 g/mol. The summed E-state index contributed by atoms with van der Waals surface area (Å²) in [6, 6.07) is 10.3. The number of rotatable bonds is 1. The van der Waals surface area contributed by atoms with Crippen molar-refractivity contribution in [2.75, 3.05) is 0 Å². The average molecular weight is 200 g/mol. The third-order valence-electron chi connectivity index (χ3n) is 2.35. The molecular formula is C13H16N2. The first-order valence-electron chi connectivity index (χ1n) is 5.18. The molecule has 0 atom stereocenters. The van der Waals surface area contributed by atoms with Crippen molar-refractivity contribution >= 4 is 0 Å². The molecule has 0 aliphatic rings. The summed E-state index contributed by atoms with van der Waals surface area (Å²) in [6.45, 7) is 6.53. The molecule has 1 aromatic carbocycles. The van der Waals surface area contributed by atoms with Crippen LogP contribution in [0.25, 0.3) is 5.69 Å². The molecule has 0 bridgehead atoms. The fraction of sp³-hybridized carbons (Fsp3) is 0.308. The number of para-hydroxylation sites is 1. The van der Waals surface area contributed by atoms with E-state index in [0.717, 1.165) is 5.82 Å². The van der Waals surface area contributed by atoms with E-state index in [1.54, 1.807) is 0 Å². The Labute approximate surface area is 90.6 Å². The minimum absolute atomic E-state index is 0.0688. The van der Waals surface area contributed by atoms with Crippen LogP contribution >= 0.6 is 0 Å². The Morgan fingerprint density at radius 3 is 2.33 bits per heavy atom. The minimum Gasteiger partial charge on any atom is -0.303 e. The molecule has 0 aliphatic heterocycles. The van der Waals surface area contributed by atoms with Gasteiger partial charge in [-0.3, -0.25) is 0 Å². The highest BCUT2D eigenvalue weighted by Crippen LogP contribution is 2.22. The fourth-order valence-electron chi connectivity index (χ4n) is 1.66. The first-order chi connectivity index (χ1) is 7.09. The molecule has 2 rings (SSSR count). The zero-order valence-electron chi connectivity index (χ0n) is 9.44. The van der Waals surface area contributed by atoms with Crippen LogP contribution in [0.1, 0.15) is 26.6 Å². The first-order valence-corrected chi connectivity index (χ1v) is 5.18. The molecule has 0 saturated heterocycles. The summed E-state index contributed by atoms with van der Waals surface area (Å²) in [5, 5.41) is 0. The van der Waals surface area contributed by atoms with Crippen molar-refractivity contribution in [3.8, 4) is 5.69 Å². The van der Waals surface area contributed by atoms with Gasteiger partial charge in [0.1, 0.15) is 5.82 Å². The normalized spacial score (nSPS) is 11.7. The largest absolute Gasteiger partial charge is 0.303 e. The summed E-state index contributed by atoms with van der Waals surface area (Å²) in [5.41, 5.74) is 1.24. The molecule has 2 aromatic rings. The van der Waals surface area contributed by atoms with Gasteiger partial charge >= 0.3 is 0 Å². The number of hydrogen-bond donors (Lipinski definition) is 0. The molecule has 0 aliphatic carbocycles. The Bertz CT molecular complexity index is 435. The van der Waals surface area contributed by atoms with Gasteiger partial charge in [-0.1, -0.05) is 39.0 Å². The summed E-state index contributed by atoms with van der Waals surface area (Å²) in [5.74, 6) is 1.09. The second-order valence-corrected chi connectivity index (χ2v) is 4.71. The third kappa shape index (κ3) is 1.94. The summed E-state index contributed by atoms with van der Waals surface area (Å²) in [7, 11) is 0. The van der Waals surface area contributed by atoms with Crippen molar-refractivity contribution in [3.05, 3.63) is 48.5 Å². The van der Waals surface area contributed by atoms with Crippen LogP contribution < -0.4 is 0 Å².